The van der Waals surface area contributed by atoms with Crippen molar-refractivity contribution < 1.29 is 33.3 Å². The highest BCUT2D eigenvalue weighted by molar-refractivity contribution is 7.18. The van der Waals surface area contributed by atoms with Gasteiger partial charge < -0.3 is 28.7 Å². The van der Waals surface area contributed by atoms with Crippen molar-refractivity contribution >= 4 is 21.6 Å². The van der Waals surface area contributed by atoms with Gasteiger partial charge in [-0.05, 0) is 6.07 Å². The molecular weight excluding hydrogens is 309 g/mol. The number of halogens is 1. The van der Waals surface area contributed by atoms with E-state index in [9.17, 15) is 0 Å². The second kappa shape index (κ2) is 4.44. The normalized spacial score (nSPS) is 9.93. The summed E-state index contributed by atoms with van der Waals surface area (Å²) >= 11 is 1.77. The van der Waals surface area contributed by atoms with E-state index in [0.717, 1.165) is 5.75 Å². The van der Waals surface area contributed by atoms with Crippen LogP contribution in [-0.2, 0) is 7.05 Å². The van der Waals surface area contributed by atoms with Gasteiger partial charge in [0.25, 0.3) is 0 Å². The predicted octanol–water partition coefficient (Wildman–Crippen LogP) is -0.953. The number of rotatable bonds is 1. The molecule has 0 aliphatic rings. The van der Waals surface area contributed by atoms with Gasteiger partial charge in [0.05, 0.1) is 7.11 Å². The average molecular weight is 321 g/mol. The van der Waals surface area contributed by atoms with Gasteiger partial charge in [-0.15, -0.1) is 0 Å². The molecule has 0 aliphatic heterocycles. The first-order valence-electron chi connectivity index (χ1n) is 4.16. The lowest BCUT2D eigenvalue weighted by Gasteiger charge is -1.96. The van der Waals surface area contributed by atoms with Crippen molar-refractivity contribution in [2.45, 2.75) is 6.92 Å². The topological polar surface area (TPSA) is 13.1 Å². The van der Waals surface area contributed by atoms with E-state index >= 15 is 0 Å². The number of aryl methyl sites for hydroxylation is 2. The smallest absolute Gasteiger partial charge is 0.235 e. The first-order chi connectivity index (χ1) is 6.24. The Labute approximate surface area is 105 Å². The molecule has 0 aliphatic carbocycles. The zero-order valence-electron chi connectivity index (χ0n) is 8.37. The van der Waals surface area contributed by atoms with Gasteiger partial charge in [0.1, 0.15) is 17.5 Å². The van der Waals surface area contributed by atoms with Crippen LogP contribution >= 0.6 is 11.3 Å². The van der Waals surface area contributed by atoms with Gasteiger partial charge in [0, 0.05) is 13.0 Å². The molecule has 0 fully saturated rings. The van der Waals surface area contributed by atoms with Gasteiger partial charge in [-0.3, -0.25) is 0 Å². The molecule has 1 aromatic carbocycles. The molecule has 0 bridgehead atoms. The van der Waals surface area contributed by atoms with Crippen molar-refractivity contribution in [1.82, 2.24) is 0 Å². The van der Waals surface area contributed by atoms with Gasteiger partial charge in [-0.25, -0.2) is 0 Å². The number of aromatic nitrogens is 1. The van der Waals surface area contributed by atoms with Crippen molar-refractivity contribution in [2.24, 2.45) is 7.05 Å². The number of ether oxygens (including phenoxy) is 1. The van der Waals surface area contributed by atoms with E-state index in [1.54, 1.807) is 18.4 Å². The molecule has 0 amide bonds. The molecule has 0 atom stereocenters. The lowest BCUT2D eigenvalue weighted by Crippen LogP contribution is -3.00. The van der Waals surface area contributed by atoms with Crippen molar-refractivity contribution in [3.8, 4) is 5.75 Å². The van der Waals surface area contributed by atoms with Crippen LogP contribution in [0.25, 0.3) is 10.2 Å². The average Bonchev–Trinajstić information content (AvgIpc) is 2.43. The fourth-order valence-electron chi connectivity index (χ4n) is 1.42. The number of thiazole rings is 1. The minimum Gasteiger partial charge on any atom is -1.00 e. The molecule has 0 N–H and O–H groups in total. The quantitative estimate of drug-likeness (QED) is 0.488. The van der Waals surface area contributed by atoms with Crippen molar-refractivity contribution in [1.29, 1.82) is 0 Å². The van der Waals surface area contributed by atoms with E-state index in [1.165, 1.54) is 15.2 Å². The number of fused-ring (bicyclic) bond motifs is 1. The minimum atomic E-state index is 0. The maximum Gasteiger partial charge on any atom is 0.235 e. The maximum atomic E-state index is 5.29. The van der Waals surface area contributed by atoms with Crippen molar-refractivity contribution in [2.75, 3.05) is 7.11 Å². The minimum absolute atomic E-state index is 0. The molecule has 76 valence electrons. The van der Waals surface area contributed by atoms with E-state index < -0.39 is 0 Å². The molecule has 14 heavy (non-hydrogen) atoms. The summed E-state index contributed by atoms with van der Waals surface area (Å²) in [4.78, 5) is 0. The first kappa shape index (κ1) is 11.7. The molecule has 1 aromatic heterocycles. The van der Waals surface area contributed by atoms with Gasteiger partial charge in [0.15, 0.2) is 0 Å². The first-order valence-corrected chi connectivity index (χ1v) is 4.98. The summed E-state index contributed by atoms with van der Waals surface area (Å²) in [6, 6.07) is 6.13. The number of hydrogen-bond acceptors (Lipinski definition) is 2. The highest BCUT2D eigenvalue weighted by atomic mass is 127. The lowest BCUT2D eigenvalue weighted by atomic mass is 10.3. The highest BCUT2D eigenvalue weighted by Crippen LogP contribution is 2.28. The Morgan fingerprint density at radius 1 is 1.36 bits per heavy atom. The summed E-state index contributed by atoms with van der Waals surface area (Å²) in [6.45, 7) is 2.12. The fourth-order valence-corrected chi connectivity index (χ4v) is 2.51. The van der Waals surface area contributed by atoms with Crippen LogP contribution in [-0.4, -0.2) is 7.11 Å². The SMILES string of the molecule is COc1cccc2c1sc(C)[n+]2C.[I-]. The fraction of sp³-hybridized carbons (Fsp3) is 0.300. The van der Waals surface area contributed by atoms with Crippen LogP contribution in [0, 0.1) is 6.92 Å². The molecule has 2 rings (SSSR count). The van der Waals surface area contributed by atoms with Crippen LogP contribution in [0.3, 0.4) is 0 Å². The van der Waals surface area contributed by atoms with Gasteiger partial charge in [-0.2, -0.15) is 4.57 Å². The van der Waals surface area contributed by atoms with E-state index in [0.29, 0.717) is 0 Å². The second-order valence-electron chi connectivity index (χ2n) is 2.99. The lowest BCUT2D eigenvalue weighted by molar-refractivity contribution is -0.646. The highest BCUT2D eigenvalue weighted by Gasteiger charge is 2.15. The number of hydrogen-bond donors (Lipinski definition) is 0. The zero-order chi connectivity index (χ0) is 9.42. The standard InChI is InChI=1S/C10H12NOS.HI/c1-7-11(2)8-5-4-6-9(12-3)10(8)13-7;/h4-6H,1-3H3;1H/q+1;/p-1. The Hall–Kier alpha value is -0.360. The number of nitrogens with zero attached hydrogens (tertiary/aromatic N) is 1. The Morgan fingerprint density at radius 2 is 2.07 bits per heavy atom. The summed E-state index contributed by atoms with van der Waals surface area (Å²) in [5.41, 5.74) is 1.24. The van der Waals surface area contributed by atoms with Crippen LogP contribution < -0.4 is 33.3 Å². The molecule has 0 unspecified atom stereocenters. The Bertz CT molecular complexity index is 453. The Balaban J connectivity index is 0.000000980. The summed E-state index contributed by atoms with van der Waals surface area (Å²) in [5.74, 6) is 0.964. The number of benzene rings is 1. The van der Waals surface area contributed by atoms with E-state index in [2.05, 4.69) is 24.6 Å². The van der Waals surface area contributed by atoms with Gasteiger partial charge in [0.2, 0.25) is 10.5 Å². The molecule has 2 aromatic rings. The van der Waals surface area contributed by atoms with Crippen LogP contribution in [0.5, 0.6) is 5.75 Å². The molecule has 2 nitrogen and oxygen atoms in total. The van der Waals surface area contributed by atoms with E-state index in [4.69, 9.17) is 4.74 Å². The van der Waals surface area contributed by atoms with E-state index in [1.807, 2.05) is 12.1 Å². The summed E-state index contributed by atoms with van der Waals surface area (Å²) in [7, 11) is 3.79. The van der Waals surface area contributed by atoms with Crippen LogP contribution in [0.2, 0.25) is 0 Å². The third-order valence-electron chi connectivity index (χ3n) is 2.26. The van der Waals surface area contributed by atoms with Crippen molar-refractivity contribution in [3.63, 3.8) is 0 Å². The zero-order valence-corrected chi connectivity index (χ0v) is 11.3. The molecule has 0 radical (unpaired) electrons. The van der Waals surface area contributed by atoms with Gasteiger partial charge >= 0.3 is 0 Å². The third-order valence-corrected chi connectivity index (χ3v) is 3.45. The monoisotopic (exact) mass is 321 g/mol. The Kier molecular flexibility index (Phi) is 3.71. The summed E-state index contributed by atoms with van der Waals surface area (Å²) in [6.07, 6.45) is 0. The van der Waals surface area contributed by atoms with Crippen LogP contribution in [0.1, 0.15) is 5.01 Å². The molecule has 1 heterocycles. The predicted molar refractivity (Wildman–Crippen MR) is 54.3 cm³/mol. The van der Waals surface area contributed by atoms with Crippen LogP contribution in [0.15, 0.2) is 18.2 Å². The third kappa shape index (κ3) is 1.72. The number of methoxy groups -OCH3 is 1. The summed E-state index contributed by atoms with van der Waals surface area (Å²) in [5, 5.41) is 1.29. The molecule has 0 saturated carbocycles. The van der Waals surface area contributed by atoms with Gasteiger partial charge in [-0.1, -0.05) is 17.4 Å². The molecular formula is C10H12INOS. The summed E-state index contributed by atoms with van der Waals surface area (Å²) < 4.78 is 8.70. The molecule has 0 spiro atoms. The van der Waals surface area contributed by atoms with Crippen molar-refractivity contribution in [3.05, 3.63) is 23.2 Å². The Morgan fingerprint density at radius 3 is 2.71 bits per heavy atom. The molecule has 0 saturated heterocycles. The van der Waals surface area contributed by atoms with Crippen LogP contribution in [0.4, 0.5) is 0 Å². The molecule has 4 heteroatoms. The largest absolute Gasteiger partial charge is 1.00 e. The second-order valence-corrected chi connectivity index (χ2v) is 4.19. The van der Waals surface area contributed by atoms with E-state index in [-0.39, 0.29) is 24.0 Å². The maximum absolute atomic E-state index is 5.29.